The third kappa shape index (κ3) is 12.2. The number of unbranched alkanes of at least 4 members (excludes halogenated alkanes) is 15. The van der Waals surface area contributed by atoms with E-state index in [1.54, 1.807) is 24.3 Å². The summed E-state index contributed by atoms with van der Waals surface area (Å²) >= 11 is 0. The zero-order chi connectivity index (χ0) is 25.0. The second kappa shape index (κ2) is 18.9. The summed E-state index contributed by atoms with van der Waals surface area (Å²) in [6, 6.07) is 16.2. The number of carbonyl (C=O) groups excluding carboxylic acids is 2. The molecule has 3 nitrogen and oxygen atoms in total. The summed E-state index contributed by atoms with van der Waals surface area (Å²) < 4.78 is 0. The Morgan fingerprint density at radius 3 is 1.49 bits per heavy atom. The first-order valence-electron chi connectivity index (χ1n) is 14.2. The molecule has 0 aliphatic heterocycles. The summed E-state index contributed by atoms with van der Waals surface area (Å²) in [5, 5.41) is 3.00. The summed E-state index contributed by atoms with van der Waals surface area (Å²) in [5.74, 6) is -0.274. The number of nitrogens with one attached hydrogen (secondary N) is 1. The molecule has 1 N–H and O–H groups in total. The van der Waals surface area contributed by atoms with Crippen LogP contribution >= 0.6 is 0 Å². The van der Waals surface area contributed by atoms with Crippen LogP contribution in [0.3, 0.4) is 0 Å². The van der Waals surface area contributed by atoms with E-state index in [1.807, 2.05) is 30.3 Å². The predicted molar refractivity (Wildman–Crippen MR) is 148 cm³/mol. The number of hydrogen-bond acceptors (Lipinski definition) is 2. The second-order valence-electron chi connectivity index (χ2n) is 9.80. The van der Waals surface area contributed by atoms with Crippen LogP contribution < -0.4 is 5.32 Å². The predicted octanol–water partition coefficient (Wildman–Crippen LogP) is 8.91. The highest BCUT2D eigenvalue weighted by Crippen LogP contribution is 2.16. The Kier molecular flexibility index (Phi) is 15.5. The van der Waals surface area contributed by atoms with Gasteiger partial charge in [-0.15, -0.1) is 0 Å². The van der Waals surface area contributed by atoms with Crippen LogP contribution in [-0.4, -0.2) is 18.2 Å². The number of rotatable bonds is 20. The Morgan fingerprint density at radius 1 is 0.543 bits per heavy atom. The van der Waals surface area contributed by atoms with Gasteiger partial charge in [-0.05, 0) is 12.5 Å². The first-order valence-corrected chi connectivity index (χ1v) is 14.2. The Hall–Kier alpha value is -2.42. The molecule has 2 aromatic rings. The van der Waals surface area contributed by atoms with E-state index in [1.165, 1.54) is 89.9 Å². The van der Waals surface area contributed by atoms with Gasteiger partial charge in [-0.2, -0.15) is 0 Å². The molecule has 0 fully saturated rings. The van der Waals surface area contributed by atoms with Gasteiger partial charge >= 0.3 is 0 Å². The highest BCUT2D eigenvalue weighted by molar-refractivity contribution is 6.15. The molecule has 1 amide bonds. The number of hydrogen-bond donors (Lipinski definition) is 1. The second-order valence-corrected chi connectivity index (χ2v) is 9.80. The molecule has 0 saturated heterocycles. The van der Waals surface area contributed by atoms with Gasteiger partial charge in [-0.3, -0.25) is 9.59 Å². The molecular formula is C32H47NO2. The van der Waals surface area contributed by atoms with Crippen molar-refractivity contribution in [2.75, 3.05) is 6.54 Å². The molecule has 0 saturated carbocycles. The molecule has 192 valence electrons. The summed E-state index contributed by atoms with van der Waals surface area (Å²) in [4.78, 5) is 25.5. The van der Waals surface area contributed by atoms with Gasteiger partial charge in [-0.25, -0.2) is 0 Å². The molecule has 0 heterocycles. The summed E-state index contributed by atoms with van der Waals surface area (Å²) in [6.07, 6.45) is 21.4. The molecule has 0 bridgehead atoms. The van der Waals surface area contributed by atoms with Crippen molar-refractivity contribution in [3.05, 3.63) is 71.3 Å². The van der Waals surface area contributed by atoms with Crippen molar-refractivity contribution in [1.29, 1.82) is 0 Å². The molecule has 3 heteroatoms. The number of amides is 1. The van der Waals surface area contributed by atoms with E-state index in [2.05, 4.69) is 12.2 Å². The summed E-state index contributed by atoms with van der Waals surface area (Å²) in [6.45, 7) is 2.94. The van der Waals surface area contributed by atoms with Crippen LogP contribution in [0.4, 0.5) is 0 Å². The third-order valence-corrected chi connectivity index (χ3v) is 6.77. The van der Waals surface area contributed by atoms with Crippen LogP contribution in [0.1, 0.15) is 136 Å². The first kappa shape index (κ1) is 28.8. The first-order chi connectivity index (χ1) is 17.2. The molecule has 0 aliphatic rings. The molecule has 0 spiro atoms. The topological polar surface area (TPSA) is 46.2 Å². The van der Waals surface area contributed by atoms with Crippen molar-refractivity contribution < 1.29 is 9.59 Å². The Balaban J connectivity index is 1.49. The molecule has 2 aromatic carbocycles. The van der Waals surface area contributed by atoms with E-state index in [-0.39, 0.29) is 11.7 Å². The molecule has 0 unspecified atom stereocenters. The van der Waals surface area contributed by atoms with Crippen LogP contribution in [0, 0.1) is 0 Å². The van der Waals surface area contributed by atoms with E-state index < -0.39 is 0 Å². The largest absolute Gasteiger partial charge is 0.352 e. The van der Waals surface area contributed by atoms with Crippen LogP contribution in [0.15, 0.2) is 54.6 Å². The molecule has 2 rings (SSSR count). The highest BCUT2D eigenvalue weighted by Gasteiger charge is 2.17. The van der Waals surface area contributed by atoms with Gasteiger partial charge in [0.05, 0.1) is 5.56 Å². The third-order valence-electron chi connectivity index (χ3n) is 6.77. The fraction of sp³-hybridized carbons (Fsp3) is 0.562. The zero-order valence-corrected chi connectivity index (χ0v) is 22.0. The molecular weight excluding hydrogens is 430 g/mol. The lowest BCUT2D eigenvalue weighted by molar-refractivity contribution is 0.0941. The average Bonchev–Trinajstić information content (AvgIpc) is 2.90. The minimum atomic E-state index is -0.161. The normalized spacial score (nSPS) is 10.9. The van der Waals surface area contributed by atoms with Crippen LogP contribution in [-0.2, 0) is 0 Å². The molecule has 35 heavy (non-hydrogen) atoms. The standard InChI is InChI=1S/C32H47NO2/c1-2-3-4-5-6-7-8-9-10-11-12-13-14-15-16-22-27-33-32(35)30-26-21-20-25-29(30)31(34)28-23-18-17-19-24-28/h17-21,23-26H,2-16,22,27H2,1H3,(H,33,35). The van der Waals surface area contributed by atoms with Gasteiger partial charge in [0.15, 0.2) is 5.78 Å². The Labute approximate surface area is 214 Å². The van der Waals surface area contributed by atoms with Gasteiger partial charge in [0, 0.05) is 17.7 Å². The Morgan fingerprint density at radius 2 is 0.971 bits per heavy atom. The van der Waals surface area contributed by atoms with Crippen molar-refractivity contribution >= 4 is 11.7 Å². The maximum atomic E-state index is 12.8. The number of ketones is 1. The fourth-order valence-electron chi connectivity index (χ4n) is 4.59. The smallest absolute Gasteiger partial charge is 0.252 e. The van der Waals surface area contributed by atoms with Gasteiger partial charge in [0.25, 0.3) is 5.91 Å². The van der Waals surface area contributed by atoms with Crippen molar-refractivity contribution in [2.24, 2.45) is 0 Å². The van der Waals surface area contributed by atoms with Gasteiger partial charge in [0.1, 0.15) is 0 Å². The van der Waals surface area contributed by atoms with E-state index in [4.69, 9.17) is 0 Å². The molecule has 0 atom stereocenters. The molecule has 0 aromatic heterocycles. The van der Waals surface area contributed by atoms with Gasteiger partial charge in [0.2, 0.25) is 0 Å². The van der Waals surface area contributed by atoms with E-state index >= 15 is 0 Å². The maximum absolute atomic E-state index is 12.8. The van der Waals surface area contributed by atoms with Crippen molar-refractivity contribution in [3.8, 4) is 0 Å². The monoisotopic (exact) mass is 477 g/mol. The van der Waals surface area contributed by atoms with E-state index in [0.29, 0.717) is 23.2 Å². The number of benzene rings is 2. The average molecular weight is 478 g/mol. The SMILES string of the molecule is CCCCCCCCCCCCCCCCCCNC(=O)c1ccccc1C(=O)c1ccccc1. The Bertz CT molecular complexity index is 830. The fourth-order valence-corrected chi connectivity index (χ4v) is 4.59. The minimum absolute atomic E-state index is 0.112. The lowest BCUT2D eigenvalue weighted by Crippen LogP contribution is -2.26. The van der Waals surface area contributed by atoms with Gasteiger partial charge < -0.3 is 5.32 Å². The van der Waals surface area contributed by atoms with Crippen molar-refractivity contribution in [1.82, 2.24) is 5.32 Å². The van der Waals surface area contributed by atoms with Crippen LogP contribution in [0.25, 0.3) is 0 Å². The zero-order valence-electron chi connectivity index (χ0n) is 22.0. The minimum Gasteiger partial charge on any atom is -0.352 e. The number of carbonyl (C=O) groups is 2. The molecule has 0 aliphatic carbocycles. The lowest BCUT2D eigenvalue weighted by atomic mass is 9.98. The lowest BCUT2D eigenvalue weighted by Gasteiger charge is -2.10. The van der Waals surface area contributed by atoms with Crippen LogP contribution in [0.2, 0.25) is 0 Å². The van der Waals surface area contributed by atoms with Crippen molar-refractivity contribution in [3.63, 3.8) is 0 Å². The van der Waals surface area contributed by atoms with E-state index in [0.717, 1.165) is 12.8 Å². The molecule has 0 radical (unpaired) electrons. The summed E-state index contributed by atoms with van der Waals surface area (Å²) in [5.41, 5.74) is 1.52. The summed E-state index contributed by atoms with van der Waals surface area (Å²) in [7, 11) is 0. The maximum Gasteiger partial charge on any atom is 0.252 e. The quantitative estimate of drug-likeness (QED) is 0.153. The van der Waals surface area contributed by atoms with E-state index in [9.17, 15) is 9.59 Å². The van der Waals surface area contributed by atoms with Crippen LogP contribution in [0.5, 0.6) is 0 Å². The van der Waals surface area contributed by atoms with Crippen molar-refractivity contribution in [2.45, 2.75) is 110 Å². The highest BCUT2D eigenvalue weighted by atomic mass is 16.2. The van der Waals surface area contributed by atoms with Gasteiger partial charge in [-0.1, -0.05) is 152 Å².